The zero-order chi connectivity index (χ0) is 27.7. The highest BCUT2D eigenvalue weighted by Crippen LogP contribution is 2.38. The van der Waals surface area contributed by atoms with Gasteiger partial charge in [-0.3, -0.25) is 9.59 Å². The molecule has 1 aliphatic rings. The van der Waals surface area contributed by atoms with E-state index in [0.717, 1.165) is 58.8 Å². The van der Waals surface area contributed by atoms with Crippen LogP contribution in [-0.2, 0) is 9.59 Å². The van der Waals surface area contributed by atoms with Gasteiger partial charge in [-0.1, -0.05) is 55.7 Å². The Bertz CT molecular complexity index is 1420. The molecule has 3 aromatic carbocycles. The molecule has 6 nitrogen and oxygen atoms in total. The second-order valence-corrected chi connectivity index (χ2v) is 11.8. The summed E-state index contributed by atoms with van der Waals surface area (Å²) in [4.78, 5) is 31.9. The average molecular weight is 572 g/mol. The maximum Gasteiger partial charge on any atom is 0.244 e. The van der Waals surface area contributed by atoms with Crippen LogP contribution in [0.15, 0.2) is 89.1 Å². The van der Waals surface area contributed by atoms with Gasteiger partial charge in [0.15, 0.2) is 5.13 Å². The van der Waals surface area contributed by atoms with E-state index in [1.165, 1.54) is 29.5 Å². The van der Waals surface area contributed by atoms with E-state index in [4.69, 9.17) is 4.74 Å². The minimum Gasteiger partial charge on any atom is -0.494 e. The number of carbonyl (C=O) groups is 2. The Balaban J connectivity index is 1.29. The summed E-state index contributed by atoms with van der Waals surface area (Å²) in [5.74, 6) is 0.834. The summed E-state index contributed by atoms with van der Waals surface area (Å²) in [6, 6.07) is 25.2. The molecule has 0 spiro atoms. The summed E-state index contributed by atoms with van der Waals surface area (Å²) >= 11 is 2.85. The van der Waals surface area contributed by atoms with Crippen molar-refractivity contribution in [2.24, 2.45) is 5.92 Å². The molecule has 1 fully saturated rings. The number of hydrogen-bond acceptors (Lipinski definition) is 6. The third-order valence-corrected chi connectivity index (χ3v) is 8.87. The van der Waals surface area contributed by atoms with Crippen molar-refractivity contribution >= 4 is 45.7 Å². The van der Waals surface area contributed by atoms with Crippen molar-refractivity contribution in [3.8, 4) is 17.0 Å². The largest absolute Gasteiger partial charge is 0.494 e. The van der Waals surface area contributed by atoms with E-state index in [-0.39, 0.29) is 17.7 Å². The molecule has 1 unspecified atom stereocenters. The number of thiazole rings is 1. The van der Waals surface area contributed by atoms with Crippen LogP contribution in [0, 0.1) is 5.92 Å². The Kier molecular flexibility index (Phi) is 9.52. The summed E-state index contributed by atoms with van der Waals surface area (Å²) in [6.07, 6.45) is 5.34. The molecule has 1 saturated carbocycles. The van der Waals surface area contributed by atoms with Gasteiger partial charge in [0.25, 0.3) is 0 Å². The highest BCUT2D eigenvalue weighted by Gasteiger charge is 2.24. The highest BCUT2D eigenvalue weighted by molar-refractivity contribution is 8.00. The summed E-state index contributed by atoms with van der Waals surface area (Å²) in [7, 11) is 0. The first kappa shape index (κ1) is 27.9. The van der Waals surface area contributed by atoms with Crippen LogP contribution in [0.1, 0.15) is 49.8 Å². The number of nitrogens with one attached hydrogen (secondary N) is 2. The summed E-state index contributed by atoms with van der Waals surface area (Å²) in [6.45, 7) is 2.57. The van der Waals surface area contributed by atoms with Gasteiger partial charge in [-0.15, -0.1) is 23.1 Å². The maximum absolute atomic E-state index is 13.6. The van der Waals surface area contributed by atoms with E-state index >= 15 is 0 Å². The number of ether oxygens (including phenoxy) is 1. The lowest BCUT2D eigenvalue weighted by molar-refractivity contribution is -0.120. The van der Waals surface area contributed by atoms with Crippen molar-refractivity contribution in [2.75, 3.05) is 17.2 Å². The molecular formula is C32H33N3O3S2. The first-order chi connectivity index (χ1) is 19.6. The van der Waals surface area contributed by atoms with Gasteiger partial charge in [0, 0.05) is 27.4 Å². The monoisotopic (exact) mass is 571 g/mol. The lowest BCUT2D eigenvalue weighted by atomic mass is 9.88. The van der Waals surface area contributed by atoms with Crippen molar-refractivity contribution in [2.45, 2.75) is 49.2 Å². The lowest BCUT2D eigenvalue weighted by Crippen LogP contribution is -2.24. The molecule has 0 aliphatic heterocycles. The minimum atomic E-state index is -0.497. The van der Waals surface area contributed by atoms with E-state index in [2.05, 4.69) is 15.6 Å². The number of thioether (sulfide) groups is 1. The zero-order valence-electron chi connectivity index (χ0n) is 22.5. The van der Waals surface area contributed by atoms with Crippen LogP contribution in [-0.4, -0.2) is 23.4 Å². The first-order valence-corrected chi connectivity index (χ1v) is 15.5. The fourth-order valence-corrected chi connectivity index (χ4v) is 6.62. The molecule has 206 valence electrons. The third-order valence-electron chi connectivity index (χ3n) is 6.87. The first-order valence-electron chi connectivity index (χ1n) is 13.7. The normalized spacial score (nSPS) is 14.3. The van der Waals surface area contributed by atoms with Crippen molar-refractivity contribution in [1.82, 2.24) is 4.98 Å². The van der Waals surface area contributed by atoms with Crippen molar-refractivity contribution in [3.05, 3.63) is 89.8 Å². The fourth-order valence-electron chi connectivity index (χ4n) is 4.82. The van der Waals surface area contributed by atoms with Crippen LogP contribution in [0.25, 0.3) is 11.3 Å². The molecule has 1 atom stereocenters. The van der Waals surface area contributed by atoms with Gasteiger partial charge in [0.1, 0.15) is 11.0 Å². The number of nitrogens with zero attached hydrogens (tertiary/aromatic N) is 1. The number of aromatic nitrogens is 1. The number of hydrogen-bond donors (Lipinski definition) is 2. The van der Waals surface area contributed by atoms with Gasteiger partial charge in [0.05, 0.1) is 12.3 Å². The Labute approximate surface area is 243 Å². The molecule has 1 aromatic heterocycles. The molecule has 0 radical (unpaired) electrons. The van der Waals surface area contributed by atoms with Crippen molar-refractivity contribution in [3.63, 3.8) is 0 Å². The average Bonchev–Trinajstić information content (AvgIpc) is 3.46. The number of rotatable bonds is 10. The van der Waals surface area contributed by atoms with Gasteiger partial charge in [-0.2, -0.15) is 0 Å². The van der Waals surface area contributed by atoms with Gasteiger partial charge in [-0.25, -0.2) is 4.98 Å². The Morgan fingerprint density at radius 1 is 0.975 bits per heavy atom. The second kappa shape index (κ2) is 13.6. The summed E-state index contributed by atoms with van der Waals surface area (Å²) in [5, 5.41) is 8.11. The van der Waals surface area contributed by atoms with Gasteiger partial charge in [0.2, 0.25) is 11.8 Å². The van der Waals surface area contributed by atoms with E-state index in [9.17, 15) is 9.59 Å². The Hall–Kier alpha value is -3.62. The smallest absolute Gasteiger partial charge is 0.244 e. The van der Waals surface area contributed by atoms with E-state index in [0.29, 0.717) is 11.7 Å². The topological polar surface area (TPSA) is 80.3 Å². The highest BCUT2D eigenvalue weighted by atomic mass is 32.2. The molecule has 1 heterocycles. The Morgan fingerprint density at radius 3 is 2.50 bits per heavy atom. The molecule has 2 N–H and O–H groups in total. The summed E-state index contributed by atoms with van der Waals surface area (Å²) < 4.78 is 5.53. The van der Waals surface area contributed by atoms with Gasteiger partial charge < -0.3 is 15.4 Å². The fraction of sp³-hybridized carbons (Fsp3) is 0.281. The molecule has 2 amide bonds. The maximum atomic E-state index is 13.6. The Morgan fingerprint density at radius 2 is 1.75 bits per heavy atom. The van der Waals surface area contributed by atoms with Crippen molar-refractivity contribution in [1.29, 1.82) is 0 Å². The molecule has 8 heteroatoms. The second-order valence-electron chi connectivity index (χ2n) is 9.75. The molecule has 4 aromatic rings. The molecule has 0 saturated heterocycles. The van der Waals surface area contributed by atoms with E-state index < -0.39 is 5.25 Å². The van der Waals surface area contributed by atoms with Crippen LogP contribution < -0.4 is 15.4 Å². The summed E-state index contributed by atoms with van der Waals surface area (Å²) in [5.41, 5.74) is 3.41. The predicted octanol–water partition coefficient (Wildman–Crippen LogP) is 8.20. The minimum absolute atomic E-state index is 0.0821. The van der Waals surface area contributed by atoms with Crippen LogP contribution >= 0.6 is 23.1 Å². The van der Waals surface area contributed by atoms with Crippen LogP contribution in [0.2, 0.25) is 0 Å². The number of anilines is 2. The number of amides is 2. The van der Waals surface area contributed by atoms with Crippen LogP contribution in [0.4, 0.5) is 10.8 Å². The SMILES string of the molecule is CCOc1ccc(-c2csc(NC(=O)C(Sc3cccc(NC(=O)C4CCCCC4)c3)c3ccccc3)n2)cc1. The van der Waals surface area contributed by atoms with Gasteiger partial charge in [-0.05, 0) is 67.8 Å². The van der Waals surface area contributed by atoms with Gasteiger partial charge >= 0.3 is 0 Å². The van der Waals surface area contributed by atoms with Crippen LogP contribution in [0.5, 0.6) is 5.75 Å². The van der Waals surface area contributed by atoms with E-state index in [1.54, 1.807) is 0 Å². The molecule has 40 heavy (non-hydrogen) atoms. The van der Waals surface area contributed by atoms with E-state index in [1.807, 2.05) is 91.2 Å². The number of benzene rings is 3. The van der Waals surface area contributed by atoms with Crippen molar-refractivity contribution < 1.29 is 14.3 Å². The molecule has 1 aliphatic carbocycles. The zero-order valence-corrected chi connectivity index (χ0v) is 24.1. The number of carbonyl (C=O) groups excluding carboxylic acids is 2. The molecular weight excluding hydrogens is 539 g/mol. The molecule has 5 rings (SSSR count). The quantitative estimate of drug-likeness (QED) is 0.188. The van der Waals surface area contributed by atoms with Crippen LogP contribution in [0.3, 0.4) is 0 Å². The predicted molar refractivity (Wildman–Crippen MR) is 164 cm³/mol. The molecule has 0 bridgehead atoms. The standard InChI is InChI=1S/C32H33N3O3S2/c1-2-38-26-18-16-22(17-19-26)28-21-39-32(34-28)35-31(37)29(23-10-5-3-6-11-23)40-27-15-9-14-25(20-27)33-30(36)24-12-7-4-8-13-24/h3,5-6,9-11,14-21,24,29H,2,4,7-8,12-13H2,1H3,(H,33,36)(H,34,35,37). The third kappa shape index (κ3) is 7.31. The lowest BCUT2D eigenvalue weighted by Gasteiger charge is -2.21.